The van der Waals surface area contributed by atoms with E-state index in [0.717, 1.165) is 5.39 Å². The van der Waals surface area contributed by atoms with Crippen molar-refractivity contribution >= 4 is 22.6 Å². The first-order valence-electron chi connectivity index (χ1n) is 8.29. The molecule has 0 aliphatic carbocycles. The van der Waals surface area contributed by atoms with Gasteiger partial charge in [0.05, 0.1) is 4.92 Å². The molecule has 0 aliphatic rings. The normalized spacial score (nSPS) is 12.0. The van der Waals surface area contributed by atoms with Crippen molar-refractivity contribution in [3.8, 4) is 11.5 Å². The maximum atomic E-state index is 12.3. The molecule has 4 aromatic rings. The molecule has 0 saturated carbocycles. The van der Waals surface area contributed by atoms with Crippen molar-refractivity contribution in [3.63, 3.8) is 0 Å². The lowest BCUT2D eigenvalue weighted by Crippen LogP contribution is -2.08. The minimum absolute atomic E-state index is 0.0448. The molecule has 28 heavy (non-hydrogen) atoms. The number of carbonyl (C=O) groups is 1. The van der Waals surface area contributed by atoms with E-state index in [1.165, 1.54) is 24.3 Å². The molecule has 4 rings (SSSR count). The van der Waals surface area contributed by atoms with Gasteiger partial charge in [-0.15, -0.1) is 10.2 Å². The van der Waals surface area contributed by atoms with Crippen LogP contribution < -0.4 is 0 Å². The molecule has 9 heteroatoms. The Morgan fingerprint density at radius 3 is 2.57 bits per heavy atom. The predicted octanol–water partition coefficient (Wildman–Crippen LogP) is 4.31. The maximum Gasteiger partial charge on any atom is 0.375 e. The Labute approximate surface area is 157 Å². The minimum atomic E-state index is -0.806. The van der Waals surface area contributed by atoms with E-state index in [9.17, 15) is 14.9 Å². The lowest BCUT2D eigenvalue weighted by atomic mass is 10.2. The van der Waals surface area contributed by atoms with Gasteiger partial charge in [-0.05, 0) is 31.2 Å². The zero-order valence-electron chi connectivity index (χ0n) is 14.6. The maximum absolute atomic E-state index is 12.3. The molecule has 0 fully saturated rings. The van der Waals surface area contributed by atoms with Gasteiger partial charge < -0.3 is 13.6 Å². The lowest BCUT2D eigenvalue weighted by Gasteiger charge is -2.07. The van der Waals surface area contributed by atoms with Crippen LogP contribution >= 0.6 is 0 Å². The second kappa shape index (κ2) is 6.95. The zero-order valence-corrected chi connectivity index (χ0v) is 14.6. The first-order chi connectivity index (χ1) is 13.5. The summed E-state index contributed by atoms with van der Waals surface area (Å²) in [6.45, 7) is 1.59. The van der Waals surface area contributed by atoms with Crippen LogP contribution in [0.3, 0.4) is 0 Å². The van der Waals surface area contributed by atoms with Crippen molar-refractivity contribution in [2.24, 2.45) is 0 Å². The number of nitro groups is 1. The number of hydrogen-bond donors (Lipinski definition) is 0. The van der Waals surface area contributed by atoms with Crippen molar-refractivity contribution in [2.45, 2.75) is 13.0 Å². The van der Waals surface area contributed by atoms with Gasteiger partial charge in [-0.1, -0.05) is 18.2 Å². The van der Waals surface area contributed by atoms with Gasteiger partial charge in [0.1, 0.15) is 5.58 Å². The number of furan rings is 1. The van der Waals surface area contributed by atoms with Gasteiger partial charge >= 0.3 is 5.97 Å². The number of ether oxygens (including phenoxy) is 1. The van der Waals surface area contributed by atoms with Crippen LogP contribution in [0.2, 0.25) is 0 Å². The molecule has 0 aliphatic heterocycles. The summed E-state index contributed by atoms with van der Waals surface area (Å²) in [4.78, 5) is 22.5. The van der Waals surface area contributed by atoms with Crippen molar-refractivity contribution in [1.82, 2.24) is 10.2 Å². The van der Waals surface area contributed by atoms with Crippen molar-refractivity contribution in [2.75, 3.05) is 0 Å². The lowest BCUT2D eigenvalue weighted by molar-refractivity contribution is -0.384. The number of nitro benzene ring substituents is 1. The Balaban J connectivity index is 1.48. The van der Waals surface area contributed by atoms with E-state index in [1.54, 1.807) is 19.1 Å². The first kappa shape index (κ1) is 17.4. The molecule has 2 aromatic heterocycles. The average Bonchev–Trinajstić information content (AvgIpc) is 3.35. The van der Waals surface area contributed by atoms with Gasteiger partial charge in [-0.25, -0.2) is 4.79 Å². The molecule has 140 valence electrons. The van der Waals surface area contributed by atoms with E-state index in [4.69, 9.17) is 13.6 Å². The quantitative estimate of drug-likeness (QED) is 0.286. The number of nitrogens with zero attached hydrogens (tertiary/aromatic N) is 3. The molecule has 0 spiro atoms. The van der Waals surface area contributed by atoms with E-state index < -0.39 is 17.0 Å². The molecule has 9 nitrogen and oxygen atoms in total. The summed E-state index contributed by atoms with van der Waals surface area (Å²) < 4.78 is 16.3. The third-order valence-electron chi connectivity index (χ3n) is 4.02. The molecule has 0 amide bonds. The third kappa shape index (κ3) is 3.32. The van der Waals surface area contributed by atoms with Gasteiger partial charge in [0.25, 0.3) is 11.6 Å². The molecule has 0 saturated heterocycles. The fourth-order valence-corrected chi connectivity index (χ4v) is 2.59. The fourth-order valence-electron chi connectivity index (χ4n) is 2.59. The number of carbonyl (C=O) groups excluding carboxylic acids is 1. The van der Waals surface area contributed by atoms with Crippen molar-refractivity contribution in [3.05, 3.63) is 76.4 Å². The predicted molar refractivity (Wildman–Crippen MR) is 96.4 cm³/mol. The summed E-state index contributed by atoms with van der Waals surface area (Å²) in [5, 5.41) is 19.3. The monoisotopic (exact) mass is 379 g/mol. The Kier molecular flexibility index (Phi) is 4.32. The van der Waals surface area contributed by atoms with E-state index in [-0.39, 0.29) is 23.2 Å². The van der Waals surface area contributed by atoms with Gasteiger partial charge in [0, 0.05) is 23.1 Å². The van der Waals surface area contributed by atoms with E-state index in [1.807, 2.05) is 18.2 Å². The number of hydrogen-bond acceptors (Lipinski definition) is 8. The SMILES string of the molecule is C[C@H](OC(=O)c1cc2ccccc2o1)c1nnc(-c2ccc([N+](=O)[O-])cc2)o1. The van der Waals surface area contributed by atoms with Crippen LogP contribution in [0.4, 0.5) is 5.69 Å². The fraction of sp³-hybridized carbons (Fsp3) is 0.105. The number of non-ortho nitro benzene ring substituents is 1. The minimum Gasteiger partial charge on any atom is -0.449 e. The van der Waals surface area contributed by atoms with Gasteiger partial charge in [-0.3, -0.25) is 10.1 Å². The summed E-state index contributed by atoms with van der Waals surface area (Å²) >= 11 is 0. The second-order valence-electron chi connectivity index (χ2n) is 5.95. The van der Waals surface area contributed by atoms with Crippen LogP contribution in [-0.2, 0) is 4.74 Å². The van der Waals surface area contributed by atoms with Gasteiger partial charge in [0.15, 0.2) is 6.10 Å². The molecule has 0 radical (unpaired) electrons. The number of para-hydroxylation sites is 1. The molecular weight excluding hydrogens is 366 g/mol. The summed E-state index contributed by atoms with van der Waals surface area (Å²) in [5.41, 5.74) is 1.05. The third-order valence-corrected chi connectivity index (χ3v) is 4.02. The van der Waals surface area contributed by atoms with Gasteiger partial charge in [-0.2, -0.15) is 0 Å². The Hall–Kier alpha value is -4.01. The summed E-state index contributed by atoms with van der Waals surface area (Å²) in [5.74, 6) is -0.323. The largest absolute Gasteiger partial charge is 0.449 e. The topological polar surface area (TPSA) is 122 Å². The number of rotatable bonds is 5. The highest BCUT2D eigenvalue weighted by atomic mass is 16.6. The number of aromatic nitrogens is 2. The van der Waals surface area contributed by atoms with Crippen LogP contribution in [0.15, 0.2) is 63.4 Å². The highest BCUT2D eigenvalue weighted by molar-refractivity contribution is 5.92. The molecular formula is C19H13N3O6. The molecule has 0 N–H and O–H groups in total. The van der Waals surface area contributed by atoms with Crippen LogP contribution in [0.1, 0.15) is 29.5 Å². The summed E-state index contributed by atoms with van der Waals surface area (Å²) in [7, 11) is 0. The average molecular weight is 379 g/mol. The Morgan fingerprint density at radius 2 is 1.86 bits per heavy atom. The number of esters is 1. The van der Waals surface area contributed by atoms with Crippen LogP contribution in [0.5, 0.6) is 0 Å². The zero-order chi connectivity index (χ0) is 19.7. The summed E-state index contributed by atoms with van der Waals surface area (Å²) in [6, 6.07) is 14.5. The van der Waals surface area contributed by atoms with Crippen LogP contribution in [0.25, 0.3) is 22.4 Å². The standard InChI is InChI=1S/C19H13N3O6/c1-11(26-19(23)16-10-13-4-2-3-5-15(13)27-16)17-20-21-18(28-17)12-6-8-14(9-7-12)22(24)25/h2-11H,1H3/t11-/m0/s1. The van der Waals surface area contributed by atoms with Crippen molar-refractivity contribution < 1.29 is 23.3 Å². The van der Waals surface area contributed by atoms with E-state index in [0.29, 0.717) is 11.1 Å². The molecule has 0 unspecified atom stereocenters. The summed E-state index contributed by atoms with van der Waals surface area (Å²) in [6.07, 6.45) is -0.806. The smallest absolute Gasteiger partial charge is 0.375 e. The van der Waals surface area contributed by atoms with E-state index >= 15 is 0 Å². The van der Waals surface area contributed by atoms with Crippen molar-refractivity contribution in [1.29, 1.82) is 0 Å². The van der Waals surface area contributed by atoms with E-state index in [2.05, 4.69) is 10.2 Å². The molecule has 2 heterocycles. The van der Waals surface area contributed by atoms with Gasteiger partial charge in [0.2, 0.25) is 11.7 Å². The first-order valence-corrected chi connectivity index (χ1v) is 8.29. The Bertz CT molecular complexity index is 1130. The second-order valence-corrected chi connectivity index (χ2v) is 5.95. The number of benzene rings is 2. The van der Waals surface area contributed by atoms with Crippen LogP contribution in [0, 0.1) is 10.1 Å². The highest BCUT2D eigenvalue weighted by Gasteiger charge is 2.22. The van der Waals surface area contributed by atoms with Crippen LogP contribution in [-0.4, -0.2) is 21.1 Å². The molecule has 2 aromatic carbocycles. The molecule has 0 bridgehead atoms. The Morgan fingerprint density at radius 1 is 1.11 bits per heavy atom. The number of fused-ring (bicyclic) bond motifs is 1. The highest BCUT2D eigenvalue weighted by Crippen LogP contribution is 2.26. The molecule has 1 atom stereocenters.